The summed E-state index contributed by atoms with van der Waals surface area (Å²) in [6.45, 7) is 1.93. The highest BCUT2D eigenvalue weighted by Gasteiger charge is 2.44. The molecule has 8 nitrogen and oxygen atoms in total. The Bertz CT molecular complexity index is 1310. The molecule has 4 rings (SSSR count). The summed E-state index contributed by atoms with van der Waals surface area (Å²) in [5.41, 5.74) is 0.329. The molecular formula is C26H26F4N4O4. The highest BCUT2D eigenvalue weighted by atomic mass is 19.4. The van der Waals surface area contributed by atoms with E-state index in [0.717, 1.165) is 11.1 Å². The van der Waals surface area contributed by atoms with Crippen LogP contribution in [-0.2, 0) is 30.6 Å². The van der Waals surface area contributed by atoms with E-state index in [9.17, 15) is 27.2 Å². The summed E-state index contributed by atoms with van der Waals surface area (Å²) in [6, 6.07) is 12.2. The zero-order valence-electron chi connectivity index (χ0n) is 20.5. The molecule has 0 fully saturated rings. The smallest absolute Gasteiger partial charge is 0.436 e. The van der Waals surface area contributed by atoms with Crippen LogP contribution in [0.15, 0.2) is 48.5 Å². The maximum atomic E-state index is 13.9. The van der Waals surface area contributed by atoms with Gasteiger partial charge in [-0.2, -0.15) is 18.3 Å². The topological polar surface area (TPSA) is 96.7 Å². The predicted octanol–water partition coefficient (Wildman–Crippen LogP) is 4.60. The molecule has 1 atom stereocenters. The van der Waals surface area contributed by atoms with Crippen molar-refractivity contribution in [2.24, 2.45) is 0 Å². The Morgan fingerprint density at radius 2 is 1.84 bits per heavy atom. The van der Waals surface area contributed by atoms with Crippen LogP contribution in [0, 0.1) is 0 Å². The molecule has 2 heterocycles. The van der Waals surface area contributed by atoms with Gasteiger partial charge in [-0.15, -0.1) is 0 Å². The second-order valence-corrected chi connectivity index (χ2v) is 8.87. The van der Waals surface area contributed by atoms with E-state index in [2.05, 4.69) is 10.4 Å². The number of aromatic nitrogens is 2. The average molecular weight is 535 g/mol. The van der Waals surface area contributed by atoms with Gasteiger partial charge in [0.05, 0.1) is 31.4 Å². The highest BCUT2D eigenvalue weighted by molar-refractivity contribution is 6.01. The summed E-state index contributed by atoms with van der Waals surface area (Å²) in [5.74, 6) is -1.98. The monoisotopic (exact) mass is 534 g/mol. The van der Waals surface area contributed by atoms with Crippen LogP contribution >= 0.6 is 0 Å². The molecule has 0 radical (unpaired) electrons. The first kappa shape index (κ1) is 27.1. The van der Waals surface area contributed by atoms with E-state index in [1.54, 1.807) is 24.0 Å². The average Bonchev–Trinajstić information content (AvgIpc) is 3.45. The van der Waals surface area contributed by atoms with Crippen molar-refractivity contribution in [1.29, 1.82) is 0 Å². The number of hydrogen-bond donors (Lipinski definition) is 2. The van der Waals surface area contributed by atoms with Crippen LogP contribution in [0.25, 0.3) is 0 Å². The molecule has 1 amide bonds. The molecule has 1 aromatic heterocycles. The van der Waals surface area contributed by atoms with Crippen molar-refractivity contribution < 1.29 is 37.0 Å². The fourth-order valence-corrected chi connectivity index (χ4v) is 4.36. The zero-order chi connectivity index (χ0) is 27.4. The molecule has 0 unspecified atom stereocenters. The van der Waals surface area contributed by atoms with Gasteiger partial charge in [0.2, 0.25) is 0 Å². The number of carbonyl (C=O) groups is 2. The molecule has 0 bridgehead atoms. The third-order valence-corrected chi connectivity index (χ3v) is 6.16. The Labute approximate surface area is 215 Å². The third kappa shape index (κ3) is 5.96. The lowest BCUT2D eigenvalue weighted by Gasteiger charge is -2.21. The molecule has 1 aliphatic heterocycles. The Kier molecular flexibility index (Phi) is 8.00. The summed E-state index contributed by atoms with van der Waals surface area (Å²) in [6.07, 6.45) is -4.85. The minimum Gasteiger partial charge on any atom is -0.478 e. The largest absolute Gasteiger partial charge is 0.478 e. The number of carboxylic acids is 1. The van der Waals surface area contributed by atoms with Crippen LogP contribution in [0.3, 0.4) is 0 Å². The second kappa shape index (κ2) is 11.2. The molecule has 3 aromatic rings. The fourth-order valence-electron chi connectivity index (χ4n) is 4.36. The number of aromatic carboxylic acids is 1. The number of rotatable bonds is 10. The van der Waals surface area contributed by atoms with Gasteiger partial charge in [0.15, 0.2) is 5.69 Å². The Morgan fingerprint density at radius 3 is 2.50 bits per heavy atom. The van der Waals surface area contributed by atoms with Crippen LogP contribution in [0.1, 0.15) is 56.1 Å². The Hall–Kier alpha value is -3.93. The zero-order valence-corrected chi connectivity index (χ0v) is 20.5. The first-order valence-corrected chi connectivity index (χ1v) is 11.9. The molecule has 12 heteroatoms. The molecule has 38 heavy (non-hydrogen) atoms. The van der Waals surface area contributed by atoms with E-state index in [4.69, 9.17) is 9.84 Å². The number of alkyl halides is 4. The van der Waals surface area contributed by atoms with Crippen LogP contribution < -0.4 is 10.2 Å². The number of fused-ring (bicyclic) bond motifs is 1. The standard InChI is InChI=1S/C26H26F4N4O4/c1-16(19-5-7-20(8-6-19)25(36)37)31-23(35)21-22(26(28,29)30)32-34-11-10-33(24(21)34)14-17-3-2-4-18(13-17)15-38-12-9-27/h2-8,13,16H,9-12,14-15H2,1H3,(H,31,35)(H,36,37)/t16-/m0/s1. The molecule has 0 spiro atoms. The second-order valence-electron chi connectivity index (χ2n) is 8.87. The van der Waals surface area contributed by atoms with E-state index < -0.39 is 42.0 Å². The lowest BCUT2D eigenvalue weighted by atomic mass is 10.1. The van der Waals surface area contributed by atoms with E-state index in [1.807, 2.05) is 12.1 Å². The van der Waals surface area contributed by atoms with E-state index >= 15 is 0 Å². The van der Waals surface area contributed by atoms with E-state index in [0.29, 0.717) is 12.1 Å². The summed E-state index contributed by atoms with van der Waals surface area (Å²) < 4.78 is 60.5. The molecule has 0 saturated carbocycles. The lowest BCUT2D eigenvalue weighted by Crippen LogP contribution is -2.31. The van der Waals surface area contributed by atoms with Crippen molar-refractivity contribution in [3.05, 3.63) is 82.0 Å². The number of nitrogens with one attached hydrogen (secondary N) is 1. The van der Waals surface area contributed by atoms with Gasteiger partial charge in [0.1, 0.15) is 18.1 Å². The van der Waals surface area contributed by atoms with Gasteiger partial charge < -0.3 is 20.1 Å². The molecular weight excluding hydrogens is 508 g/mol. The van der Waals surface area contributed by atoms with Gasteiger partial charge in [0, 0.05) is 13.1 Å². The van der Waals surface area contributed by atoms with E-state index in [-0.39, 0.29) is 37.7 Å². The van der Waals surface area contributed by atoms with Crippen molar-refractivity contribution in [2.45, 2.75) is 38.8 Å². The van der Waals surface area contributed by atoms with Crippen molar-refractivity contribution in [1.82, 2.24) is 15.1 Å². The molecule has 2 aromatic carbocycles. The SMILES string of the molecule is C[C@H](NC(=O)c1c(C(F)(F)F)nn2c1N(Cc1cccc(COCCF)c1)CC2)c1ccc(C(=O)O)cc1. The first-order valence-electron chi connectivity index (χ1n) is 11.9. The maximum Gasteiger partial charge on any atom is 0.436 e. The van der Waals surface area contributed by atoms with Crippen LogP contribution in [0.2, 0.25) is 0 Å². The fraction of sp³-hybridized carbons (Fsp3) is 0.346. The number of benzene rings is 2. The summed E-state index contributed by atoms with van der Waals surface area (Å²) >= 11 is 0. The number of amides is 1. The number of hydrogen-bond acceptors (Lipinski definition) is 5. The first-order chi connectivity index (χ1) is 18.1. The van der Waals surface area contributed by atoms with Crippen LogP contribution in [0.4, 0.5) is 23.4 Å². The van der Waals surface area contributed by atoms with Crippen LogP contribution in [-0.4, -0.2) is 46.6 Å². The van der Waals surface area contributed by atoms with Crippen molar-refractivity contribution in [3.8, 4) is 0 Å². The molecule has 2 N–H and O–H groups in total. The Morgan fingerprint density at radius 1 is 1.13 bits per heavy atom. The number of carbonyl (C=O) groups excluding carboxylic acids is 1. The summed E-state index contributed by atoms with van der Waals surface area (Å²) in [5, 5.41) is 15.4. The number of carboxylic acid groups (broad SMARTS) is 1. The molecule has 0 saturated heterocycles. The molecule has 0 aliphatic carbocycles. The molecule has 202 valence electrons. The lowest BCUT2D eigenvalue weighted by molar-refractivity contribution is -0.141. The third-order valence-electron chi connectivity index (χ3n) is 6.16. The van der Waals surface area contributed by atoms with E-state index in [1.165, 1.54) is 28.9 Å². The normalized spacial score (nSPS) is 13.9. The van der Waals surface area contributed by atoms with Gasteiger partial charge in [-0.25, -0.2) is 13.9 Å². The summed E-state index contributed by atoms with van der Waals surface area (Å²) in [4.78, 5) is 26.0. The maximum absolute atomic E-state index is 13.9. The van der Waals surface area contributed by atoms with Crippen LogP contribution in [0.5, 0.6) is 0 Å². The van der Waals surface area contributed by atoms with Gasteiger partial charge >= 0.3 is 12.1 Å². The highest BCUT2D eigenvalue weighted by Crippen LogP contribution is 2.38. The minimum atomic E-state index is -4.85. The number of anilines is 1. The predicted molar refractivity (Wildman–Crippen MR) is 130 cm³/mol. The number of ether oxygens (including phenoxy) is 1. The quantitative estimate of drug-likeness (QED) is 0.292. The van der Waals surface area contributed by atoms with Crippen molar-refractivity contribution in [2.75, 3.05) is 24.7 Å². The van der Waals surface area contributed by atoms with Gasteiger partial charge in [-0.05, 0) is 35.7 Å². The summed E-state index contributed by atoms with van der Waals surface area (Å²) in [7, 11) is 0. The van der Waals surface area contributed by atoms with Gasteiger partial charge in [-0.3, -0.25) is 4.79 Å². The molecule has 1 aliphatic rings. The number of halogens is 4. The minimum absolute atomic E-state index is 0.0314. The van der Waals surface area contributed by atoms with Gasteiger partial charge in [0.25, 0.3) is 5.91 Å². The van der Waals surface area contributed by atoms with Crippen molar-refractivity contribution in [3.63, 3.8) is 0 Å². The van der Waals surface area contributed by atoms with Gasteiger partial charge in [-0.1, -0.05) is 36.4 Å². The number of nitrogens with zero attached hydrogens (tertiary/aromatic N) is 3. The van der Waals surface area contributed by atoms with Crippen molar-refractivity contribution >= 4 is 17.7 Å². The Balaban J connectivity index is 1.59.